The number of nitrogens with zero attached hydrogens (tertiary/aromatic N) is 2. The van der Waals surface area contributed by atoms with Crippen LogP contribution in [0.15, 0.2) is 60.7 Å². The molecule has 1 heterocycles. The maximum absolute atomic E-state index is 12.8. The molecule has 0 atom stereocenters. The summed E-state index contributed by atoms with van der Waals surface area (Å²) in [6.45, 7) is 5.09. The first kappa shape index (κ1) is 21.8. The molecule has 164 valence electrons. The van der Waals surface area contributed by atoms with Crippen LogP contribution in [0.1, 0.15) is 32.6 Å². The van der Waals surface area contributed by atoms with Crippen LogP contribution in [-0.4, -0.2) is 37.4 Å². The summed E-state index contributed by atoms with van der Waals surface area (Å²) in [5, 5.41) is 0. The first-order valence-corrected chi connectivity index (χ1v) is 10.7. The average Bonchev–Trinajstić information content (AvgIpc) is 2.93. The molecule has 3 aromatic carbocycles. The van der Waals surface area contributed by atoms with E-state index in [1.54, 1.807) is 36.0 Å². The molecular weight excluding hydrogens is 400 g/mol. The minimum Gasteiger partial charge on any atom is -0.367 e. The summed E-state index contributed by atoms with van der Waals surface area (Å²) in [7, 11) is 3.46. The lowest BCUT2D eigenvalue weighted by molar-refractivity contribution is -0.123. The van der Waals surface area contributed by atoms with E-state index in [1.165, 1.54) is 11.1 Å². The van der Waals surface area contributed by atoms with Crippen molar-refractivity contribution >= 4 is 17.5 Å². The van der Waals surface area contributed by atoms with Gasteiger partial charge in [-0.3, -0.25) is 9.59 Å². The van der Waals surface area contributed by atoms with E-state index in [4.69, 9.17) is 4.74 Å². The lowest BCUT2D eigenvalue weighted by atomic mass is 9.98. The predicted octanol–water partition coefficient (Wildman–Crippen LogP) is 4.74. The number of aryl methyl sites for hydroxylation is 2. The third-order valence-corrected chi connectivity index (χ3v) is 5.94. The van der Waals surface area contributed by atoms with Gasteiger partial charge in [-0.05, 0) is 65.9 Å². The maximum Gasteiger partial charge on any atom is 0.253 e. The van der Waals surface area contributed by atoms with Gasteiger partial charge in [0.15, 0.2) is 0 Å². The minimum atomic E-state index is -0.0730. The summed E-state index contributed by atoms with van der Waals surface area (Å²) in [5.74, 6) is -0.115. The molecule has 0 saturated heterocycles. The van der Waals surface area contributed by atoms with Crippen LogP contribution in [0, 0.1) is 13.8 Å². The van der Waals surface area contributed by atoms with Crippen LogP contribution in [0.25, 0.3) is 11.1 Å². The van der Waals surface area contributed by atoms with Gasteiger partial charge in [-0.2, -0.15) is 0 Å². The lowest BCUT2D eigenvalue weighted by Crippen LogP contribution is -2.32. The number of carbonyl (C=O) groups is 2. The number of benzene rings is 3. The molecule has 0 spiro atoms. The van der Waals surface area contributed by atoms with Gasteiger partial charge < -0.3 is 14.5 Å². The maximum atomic E-state index is 12.8. The van der Waals surface area contributed by atoms with Gasteiger partial charge in [0.25, 0.3) is 11.8 Å². The molecular formula is C27H28N2O3. The number of ether oxygens (including phenoxy) is 1. The fraction of sp³-hybridized carbons (Fsp3) is 0.259. The molecule has 5 heteroatoms. The molecule has 3 aromatic rings. The van der Waals surface area contributed by atoms with Crippen LogP contribution in [0.2, 0.25) is 0 Å². The zero-order valence-electron chi connectivity index (χ0n) is 19.0. The number of anilines is 1. The van der Waals surface area contributed by atoms with Crippen molar-refractivity contribution in [1.29, 1.82) is 0 Å². The number of fused-ring (bicyclic) bond motifs is 1. The zero-order chi connectivity index (χ0) is 22.8. The first-order valence-electron chi connectivity index (χ1n) is 10.7. The predicted molar refractivity (Wildman–Crippen MR) is 127 cm³/mol. The zero-order valence-corrected chi connectivity index (χ0v) is 19.0. The summed E-state index contributed by atoms with van der Waals surface area (Å²) in [6, 6.07) is 20.1. The van der Waals surface area contributed by atoms with Gasteiger partial charge in [-0.1, -0.05) is 36.4 Å². The number of amides is 2. The molecule has 5 nitrogen and oxygen atoms in total. The Balaban J connectivity index is 1.63. The highest BCUT2D eigenvalue weighted by atomic mass is 16.5. The van der Waals surface area contributed by atoms with Crippen molar-refractivity contribution < 1.29 is 14.3 Å². The molecule has 2 amide bonds. The molecule has 0 aliphatic carbocycles. The molecule has 32 heavy (non-hydrogen) atoms. The molecule has 0 bridgehead atoms. The lowest BCUT2D eigenvalue weighted by Gasteiger charge is -2.23. The van der Waals surface area contributed by atoms with Crippen LogP contribution < -0.4 is 4.90 Å². The molecule has 0 unspecified atom stereocenters. The van der Waals surface area contributed by atoms with E-state index in [-0.39, 0.29) is 18.4 Å². The fourth-order valence-corrected chi connectivity index (χ4v) is 3.89. The van der Waals surface area contributed by atoms with E-state index in [0.717, 1.165) is 27.9 Å². The van der Waals surface area contributed by atoms with Crippen molar-refractivity contribution in [3.05, 3.63) is 88.5 Å². The van der Waals surface area contributed by atoms with E-state index in [9.17, 15) is 9.59 Å². The number of hydrogen-bond donors (Lipinski definition) is 0. The Morgan fingerprint density at radius 3 is 2.28 bits per heavy atom. The Bertz CT molecular complexity index is 1170. The molecule has 0 fully saturated rings. The van der Waals surface area contributed by atoms with Gasteiger partial charge in [-0.25, -0.2) is 0 Å². The second kappa shape index (κ2) is 8.97. The summed E-state index contributed by atoms with van der Waals surface area (Å²) in [5.41, 5.74) is 8.22. The number of carbonyl (C=O) groups excluding carboxylic acids is 2. The molecule has 0 aromatic heterocycles. The Morgan fingerprint density at radius 2 is 1.59 bits per heavy atom. The van der Waals surface area contributed by atoms with E-state index >= 15 is 0 Å². The summed E-state index contributed by atoms with van der Waals surface area (Å²) in [4.78, 5) is 28.3. The largest absolute Gasteiger partial charge is 0.367 e. The monoisotopic (exact) mass is 428 g/mol. The Hall–Kier alpha value is -3.44. The van der Waals surface area contributed by atoms with Crippen molar-refractivity contribution in [2.45, 2.75) is 27.0 Å². The number of rotatable bonds is 4. The average molecular weight is 429 g/mol. The highest BCUT2D eigenvalue weighted by Gasteiger charge is 2.23. The highest BCUT2D eigenvalue weighted by molar-refractivity contribution is 5.96. The third kappa shape index (κ3) is 4.43. The number of hydrogen-bond acceptors (Lipinski definition) is 3. The third-order valence-electron chi connectivity index (χ3n) is 5.94. The fourth-order valence-electron chi connectivity index (χ4n) is 3.89. The van der Waals surface area contributed by atoms with E-state index in [0.29, 0.717) is 18.7 Å². The molecule has 0 N–H and O–H groups in total. The van der Waals surface area contributed by atoms with Gasteiger partial charge >= 0.3 is 0 Å². The van der Waals surface area contributed by atoms with Gasteiger partial charge in [0, 0.05) is 30.9 Å². The van der Waals surface area contributed by atoms with E-state index in [2.05, 4.69) is 44.2 Å². The molecule has 1 aliphatic rings. The molecule has 0 radical (unpaired) electrons. The molecule has 1 aliphatic heterocycles. The van der Waals surface area contributed by atoms with Gasteiger partial charge in [0.1, 0.15) is 6.61 Å². The first-order chi connectivity index (χ1) is 15.3. The minimum absolute atomic E-state index is 0.0417. The summed E-state index contributed by atoms with van der Waals surface area (Å²) >= 11 is 0. The van der Waals surface area contributed by atoms with E-state index in [1.807, 2.05) is 18.2 Å². The second-order valence-electron chi connectivity index (χ2n) is 8.51. The van der Waals surface area contributed by atoms with Crippen LogP contribution in [-0.2, 0) is 22.7 Å². The van der Waals surface area contributed by atoms with E-state index < -0.39 is 0 Å². The normalized spacial score (nSPS) is 13.5. The van der Waals surface area contributed by atoms with Gasteiger partial charge in [-0.15, -0.1) is 0 Å². The van der Waals surface area contributed by atoms with Crippen LogP contribution in [0.5, 0.6) is 0 Å². The molecule has 0 saturated carbocycles. The SMILES string of the molecule is Cc1ccc(-c2ccc3c(c2)COCC(=O)N3Cc2ccc(C(=O)N(C)C)cc2)cc1C. The highest BCUT2D eigenvalue weighted by Crippen LogP contribution is 2.32. The molecule has 4 rings (SSSR count). The standard InChI is InChI=1S/C27H28N2O3/c1-18-5-8-22(13-19(18)2)23-11-12-25-24(14-23)16-32-17-26(30)29(25)15-20-6-9-21(10-7-20)27(31)28(3)4/h5-14H,15-17H2,1-4H3. The smallest absolute Gasteiger partial charge is 0.253 e. The van der Waals surface area contributed by atoms with Crippen LogP contribution in [0.3, 0.4) is 0 Å². The summed E-state index contributed by atoms with van der Waals surface area (Å²) in [6.07, 6.45) is 0. The Morgan fingerprint density at radius 1 is 0.906 bits per heavy atom. The van der Waals surface area contributed by atoms with Gasteiger partial charge in [0.2, 0.25) is 0 Å². The Labute approximate surface area is 189 Å². The van der Waals surface area contributed by atoms with Crippen LogP contribution >= 0.6 is 0 Å². The Kier molecular flexibility index (Phi) is 6.10. The quantitative estimate of drug-likeness (QED) is 0.603. The second-order valence-corrected chi connectivity index (χ2v) is 8.51. The van der Waals surface area contributed by atoms with Crippen molar-refractivity contribution in [3.63, 3.8) is 0 Å². The van der Waals surface area contributed by atoms with Crippen molar-refractivity contribution in [2.75, 3.05) is 25.6 Å². The topological polar surface area (TPSA) is 49.9 Å². The van der Waals surface area contributed by atoms with Gasteiger partial charge in [0.05, 0.1) is 13.2 Å². The summed E-state index contributed by atoms with van der Waals surface area (Å²) < 4.78 is 5.67. The van der Waals surface area contributed by atoms with Crippen molar-refractivity contribution in [1.82, 2.24) is 4.90 Å². The van der Waals surface area contributed by atoms with Crippen LogP contribution in [0.4, 0.5) is 5.69 Å². The van der Waals surface area contributed by atoms with Crippen molar-refractivity contribution in [2.24, 2.45) is 0 Å². The van der Waals surface area contributed by atoms with Crippen molar-refractivity contribution in [3.8, 4) is 11.1 Å².